The Bertz CT molecular complexity index is 660. The lowest BCUT2D eigenvalue weighted by Crippen LogP contribution is -2.13. The largest absolute Gasteiger partial charge is 0.482 e. The maximum atomic E-state index is 6.05. The molecule has 1 aromatic heterocycles. The smallest absolute Gasteiger partial charge is 0.172 e. The van der Waals surface area contributed by atoms with E-state index in [4.69, 9.17) is 15.5 Å². The van der Waals surface area contributed by atoms with E-state index in [1.165, 1.54) is 18.4 Å². The first kappa shape index (κ1) is 12.4. The average Bonchev–Trinajstić information content (AvgIpc) is 3.19. The van der Waals surface area contributed by atoms with Crippen LogP contribution in [0.15, 0.2) is 24.3 Å². The number of hydrogen-bond acceptors (Lipinski definition) is 4. The Morgan fingerprint density at radius 2 is 2.00 bits per heavy atom. The molecule has 1 aliphatic carbocycles. The van der Waals surface area contributed by atoms with E-state index in [1.54, 1.807) is 0 Å². The van der Waals surface area contributed by atoms with Gasteiger partial charge in [-0.1, -0.05) is 18.2 Å². The number of rotatable bonds is 2. The number of para-hydroxylation sites is 1. The second kappa shape index (κ2) is 4.58. The van der Waals surface area contributed by atoms with E-state index in [2.05, 4.69) is 33.6 Å². The Labute approximate surface area is 130 Å². The monoisotopic (exact) mass is 379 g/mol. The molecule has 4 nitrogen and oxygen atoms in total. The summed E-state index contributed by atoms with van der Waals surface area (Å²) in [5.74, 6) is 2.80. The number of halogens is 1. The van der Waals surface area contributed by atoms with Gasteiger partial charge in [0.15, 0.2) is 11.9 Å². The highest BCUT2D eigenvalue weighted by Gasteiger charge is 2.32. The number of nitrogens with two attached hydrogens (primary N) is 1. The topological polar surface area (TPSA) is 61.0 Å². The molecule has 102 valence electrons. The molecule has 0 radical (unpaired) electrons. The predicted octanol–water partition coefficient (Wildman–Crippen LogP) is 3.22. The second-order valence-corrected chi connectivity index (χ2v) is 6.44. The van der Waals surface area contributed by atoms with Crippen molar-refractivity contribution in [3.63, 3.8) is 0 Å². The van der Waals surface area contributed by atoms with E-state index in [9.17, 15) is 0 Å². The zero-order chi connectivity index (χ0) is 13.7. The van der Waals surface area contributed by atoms with Crippen LogP contribution < -0.4 is 10.5 Å². The lowest BCUT2D eigenvalue weighted by molar-refractivity contribution is 0.227. The maximum absolute atomic E-state index is 6.05. The fraction of sp³-hybridized carbons (Fsp3) is 0.333. The zero-order valence-electron chi connectivity index (χ0n) is 10.8. The standard InChI is InChI=1S/C15H14IN3O/c16-12-13(8-5-6-8)18-15(19-14(12)17)11-7-9-3-1-2-4-10(9)20-11/h1-4,8,11H,5-7H2,(H2,17,18,19). The number of ether oxygens (including phenoxy) is 1. The number of nitrogen functional groups attached to an aromatic ring is 1. The summed E-state index contributed by atoms with van der Waals surface area (Å²) in [6.07, 6.45) is 3.12. The van der Waals surface area contributed by atoms with Crippen LogP contribution in [-0.4, -0.2) is 9.97 Å². The fourth-order valence-electron chi connectivity index (χ4n) is 2.60. The van der Waals surface area contributed by atoms with Gasteiger partial charge in [0, 0.05) is 12.3 Å². The summed E-state index contributed by atoms with van der Waals surface area (Å²) in [7, 11) is 0. The zero-order valence-corrected chi connectivity index (χ0v) is 13.0. The Morgan fingerprint density at radius 3 is 2.75 bits per heavy atom. The van der Waals surface area contributed by atoms with Crippen LogP contribution in [0.4, 0.5) is 5.82 Å². The molecule has 2 aromatic rings. The first-order chi connectivity index (χ1) is 9.72. The van der Waals surface area contributed by atoms with Crippen LogP contribution >= 0.6 is 22.6 Å². The maximum Gasteiger partial charge on any atom is 0.172 e. The van der Waals surface area contributed by atoms with Crippen molar-refractivity contribution < 1.29 is 4.74 Å². The van der Waals surface area contributed by atoms with E-state index in [0.717, 1.165) is 27.3 Å². The first-order valence-electron chi connectivity index (χ1n) is 6.79. The van der Waals surface area contributed by atoms with E-state index in [0.29, 0.717) is 11.7 Å². The van der Waals surface area contributed by atoms with Gasteiger partial charge in [0.05, 0.1) is 9.26 Å². The summed E-state index contributed by atoms with van der Waals surface area (Å²) in [6, 6.07) is 8.10. The fourth-order valence-corrected chi connectivity index (χ4v) is 3.28. The van der Waals surface area contributed by atoms with Crippen LogP contribution in [0.2, 0.25) is 0 Å². The molecule has 0 spiro atoms. The van der Waals surface area contributed by atoms with Crippen LogP contribution in [0.1, 0.15) is 41.9 Å². The SMILES string of the molecule is Nc1nc(C2Cc3ccccc3O2)nc(C2CC2)c1I. The van der Waals surface area contributed by atoms with Gasteiger partial charge in [-0.15, -0.1) is 0 Å². The molecule has 1 fully saturated rings. The molecule has 0 amide bonds. The van der Waals surface area contributed by atoms with Gasteiger partial charge < -0.3 is 10.5 Å². The Balaban J connectivity index is 1.70. The van der Waals surface area contributed by atoms with Crippen LogP contribution in [-0.2, 0) is 6.42 Å². The van der Waals surface area contributed by atoms with Gasteiger partial charge in [0.2, 0.25) is 0 Å². The van der Waals surface area contributed by atoms with Crippen LogP contribution in [0, 0.1) is 3.57 Å². The third-order valence-electron chi connectivity index (χ3n) is 3.82. The van der Waals surface area contributed by atoms with Crippen LogP contribution in [0.3, 0.4) is 0 Å². The molecule has 20 heavy (non-hydrogen) atoms. The van der Waals surface area contributed by atoms with E-state index in [-0.39, 0.29) is 6.10 Å². The molecule has 1 saturated carbocycles. The normalized spacial score (nSPS) is 20.6. The van der Waals surface area contributed by atoms with Crippen LogP contribution in [0.25, 0.3) is 0 Å². The van der Waals surface area contributed by atoms with E-state index in [1.807, 2.05) is 18.2 Å². The Morgan fingerprint density at radius 1 is 1.20 bits per heavy atom. The lowest BCUT2D eigenvalue weighted by Gasteiger charge is -2.13. The second-order valence-electron chi connectivity index (χ2n) is 5.36. The number of anilines is 1. The highest BCUT2D eigenvalue weighted by atomic mass is 127. The van der Waals surface area contributed by atoms with Gasteiger partial charge >= 0.3 is 0 Å². The summed E-state index contributed by atoms with van der Waals surface area (Å²) in [4.78, 5) is 9.18. The molecule has 2 aliphatic rings. The Hall–Kier alpha value is -1.37. The molecular weight excluding hydrogens is 365 g/mol. The molecule has 0 saturated heterocycles. The lowest BCUT2D eigenvalue weighted by atomic mass is 10.1. The molecule has 1 atom stereocenters. The van der Waals surface area contributed by atoms with Crippen LogP contribution in [0.5, 0.6) is 5.75 Å². The van der Waals surface area contributed by atoms with Crippen molar-refractivity contribution in [2.45, 2.75) is 31.3 Å². The highest BCUT2D eigenvalue weighted by Crippen LogP contribution is 2.43. The van der Waals surface area contributed by atoms with Gasteiger partial charge in [-0.2, -0.15) is 0 Å². The third-order valence-corrected chi connectivity index (χ3v) is 4.92. The predicted molar refractivity (Wildman–Crippen MR) is 84.7 cm³/mol. The van der Waals surface area contributed by atoms with Crippen molar-refractivity contribution in [3.8, 4) is 5.75 Å². The molecule has 5 heteroatoms. The summed E-state index contributed by atoms with van der Waals surface area (Å²) in [5, 5.41) is 0. The molecule has 0 bridgehead atoms. The molecule has 2 N–H and O–H groups in total. The number of benzene rings is 1. The summed E-state index contributed by atoms with van der Waals surface area (Å²) < 4.78 is 6.96. The van der Waals surface area contributed by atoms with E-state index >= 15 is 0 Å². The van der Waals surface area contributed by atoms with Gasteiger partial charge in [-0.05, 0) is 47.1 Å². The number of fused-ring (bicyclic) bond motifs is 1. The summed E-state index contributed by atoms with van der Waals surface area (Å²) in [5.41, 5.74) is 8.36. The minimum absolute atomic E-state index is 0.107. The summed E-state index contributed by atoms with van der Waals surface area (Å²) in [6.45, 7) is 0. The van der Waals surface area contributed by atoms with Crippen molar-refractivity contribution in [2.24, 2.45) is 0 Å². The quantitative estimate of drug-likeness (QED) is 0.815. The molecular formula is C15H14IN3O. The van der Waals surface area contributed by atoms with Crippen molar-refractivity contribution in [1.82, 2.24) is 9.97 Å². The number of nitrogens with zero attached hydrogens (tertiary/aromatic N) is 2. The van der Waals surface area contributed by atoms with Crippen molar-refractivity contribution in [2.75, 3.05) is 5.73 Å². The molecule has 2 heterocycles. The number of aromatic nitrogens is 2. The number of hydrogen-bond donors (Lipinski definition) is 1. The Kier molecular flexibility index (Phi) is 2.83. The van der Waals surface area contributed by atoms with Gasteiger partial charge in [-0.25, -0.2) is 9.97 Å². The minimum atomic E-state index is -0.107. The third kappa shape index (κ3) is 2.04. The average molecular weight is 379 g/mol. The molecule has 4 rings (SSSR count). The van der Waals surface area contributed by atoms with Crippen molar-refractivity contribution in [1.29, 1.82) is 0 Å². The highest BCUT2D eigenvalue weighted by molar-refractivity contribution is 14.1. The van der Waals surface area contributed by atoms with Gasteiger partial charge in [-0.3, -0.25) is 0 Å². The first-order valence-corrected chi connectivity index (χ1v) is 7.87. The van der Waals surface area contributed by atoms with Crippen molar-refractivity contribution in [3.05, 3.63) is 44.9 Å². The minimum Gasteiger partial charge on any atom is -0.482 e. The van der Waals surface area contributed by atoms with Crippen molar-refractivity contribution >= 4 is 28.4 Å². The molecule has 1 aliphatic heterocycles. The van der Waals surface area contributed by atoms with E-state index < -0.39 is 0 Å². The molecule has 1 unspecified atom stereocenters. The molecule has 1 aromatic carbocycles. The van der Waals surface area contributed by atoms with Gasteiger partial charge in [0.1, 0.15) is 11.6 Å². The van der Waals surface area contributed by atoms with Gasteiger partial charge in [0.25, 0.3) is 0 Å². The summed E-state index contributed by atoms with van der Waals surface area (Å²) >= 11 is 2.25.